The minimum Gasteiger partial charge on any atom is -0.335 e. The Bertz CT molecular complexity index is 268. The van der Waals surface area contributed by atoms with Crippen molar-refractivity contribution in [3.05, 3.63) is 0 Å². The van der Waals surface area contributed by atoms with E-state index in [-0.39, 0.29) is 6.03 Å². The summed E-state index contributed by atoms with van der Waals surface area (Å²) in [6, 6.07) is 0.988. The van der Waals surface area contributed by atoms with Crippen molar-refractivity contribution in [1.82, 2.24) is 15.1 Å². The molecule has 1 saturated heterocycles. The second-order valence-corrected chi connectivity index (χ2v) is 5.71. The van der Waals surface area contributed by atoms with Gasteiger partial charge in [0.05, 0.1) is 0 Å². The Morgan fingerprint density at radius 1 is 1.22 bits per heavy atom. The summed E-state index contributed by atoms with van der Waals surface area (Å²) >= 11 is 0. The van der Waals surface area contributed by atoms with Crippen molar-refractivity contribution in [3.63, 3.8) is 0 Å². The molecule has 0 unspecified atom stereocenters. The summed E-state index contributed by atoms with van der Waals surface area (Å²) in [5, 5.41) is 3.17. The van der Waals surface area contributed by atoms with Crippen LogP contribution in [0.25, 0.3) is 0 Å². The van der Waals surface area contributed by atoms with Gasteiger partial charge in [-0.1, -0.05) is 19.8 Å². The lowest BCUT2D eigenvalue weighted by atomic mass is 10.0. The largest absolute Gasteiger partial charge is 0.335 e. The van der Waals surface area contributed by atoms with Crippen LogP contribution in [0.15, 0.2) is 0 Å². The van der Waals surface area contributed by atoms with Crippen molar-refractivity contribution in [2.24, 2.45) is 0 Å². The first-order chi connectivity index (χ1) is 8.70. The molecule has 104 valence electrons. The molecule has 0 radical (unpaired) electrons. The van der Waals surface area contributed by atoms with Crippen molar-refractivity contribution >= 4 is 6.03 Å². The Kier molecular flexibility index (Phi) is 4.87. The normalized spacial score (nSPS) is 23.2. The molecule has 0 bridgehead atoms. The molecule has 1 aliphatic heterocycles. The number of urea groups is 1. The van der Waals surface area contributed by atoms with Crippen LogP contribution in [0, 0.1) is 0 Å². The summed E-state index contributed by atoms with van der Waals surface area (Å²) in [5.74, 6) is 0. The van der Waals surface area contributed by atoms with Gasteiger partial charge in [-0.05, 0) is 32.2 Å². The van der Waals surface area contributed by atoms with Gasteiger partial charge < -0.3 is 15.1 Å². The summed E-state index contributed by atoms with van der Waals surface area (Å²) in [4.78, 5) is 16.5. The van der Waals surface area contributed by atoms with Gasteiger partial charge in [-0.25, -0.2) is 4.79 Å². The first-order valence-corrected chi connectivity index (χ1v) is 7.46. The number of likely N-dealkylation sites (tertiary alicyclic amines) is 1. The number of hydrogen-bond acceptors (Lipinski definition) is 2. The second-order valence-electron chi connectivity index (χ2n) is 5.71. The Labute approximate surface area is 111 Å². The van der Waals surface area contributed by atoms with Crippen LogP contribution in [-0.2, 0) is 0 Å². The van der Waals surface area contributed by atoms with Gasteiger partial charge in [-0.3, -0.25) is 0 Å². The molecule has 1 aliphatic carbocycles. The third-order valence-corrected chi connectivity index (χ3v) is 4.56. The fraction of sp³-hybridized carbons (Fsp3) is 0.929. The molecule has 2 aliphatic rings. The van der Waals surface area contributed by atoms with Crippen LogP contribution in [0.1, 0.15) is 45.4 Å². The minimum atomic E-state index is 0.136. The van der Waals surface area contributed by atoms with E-state index in [4.69, 9.17) is 0 Å². The van der Waals surface area contributed by atoms with Gasteiger partial charge in [-0.15, -0.1) is 0 Å². The fourth-order valence-electron chi connectivity index (χ4n) is 3.14. The smallest absolute Gasteiger partial charge is 0.317 e. The van der Waals surface area contributed by atoms with Crippen molar-refractivity contribution in [2.45, 2.75) is 57.5 Å². The Morgan fingerprint density at radius 2 is 1.83 bits per heavy atom. The standard InChI is InChI=1S/C14H27N3O/c1-3-17-10-8-13(9-11-17)16(2)14(18)15-12-6-4-5-7-12/h12-13H,3-11H2,1-2H3,(H,15,18). The van der Waals surface area contributed by atoms with Crippen LogP contribution < -0.4 is 5.32 Å². The lowest BCUT2D eigenvalue weighted by Gasteiger charge is -2.36. The van der Waals surface area contributed by atoms with Crippen molar-refractivity contribution < 1.29 is 4.79 Å². The highest BCUT2D eigenvalue weighted by Crippen LogP contribution is 2.19. The molecule has 1 saturated carbocycles. The van der Waals surface area contributed by atoms with E-state index in [1.807, 2.05) is 11.9 Å². The Hall–Kier alpha value is -0.770. The van der Waals surface area contributed by atoms with Gasteiger partial charge in [0.1, 0.15) is 0 Å². The molecule has 1 heterocycles. The van der Waals surface area contributed by atoms with E-state index < -0.39 is 0 Å². The highest BCUT2D eigenvalue weighted by Gasteiger charge is 2.26. The predicted octanol–water partition coefficient (Wildman–Crippen LogP) is 2.05. The zero-order valence-corrected chi connectivity index (χ0v) is 11.8. The molecule has 0 aromatic carbocycles. The second kappa shape index (κ2) is 6.41. The maximum atomic E-state index is 12.2. The number of carbonyl (C=O) groups is 1. The molecule has 0 spiro atoms. The molecule has 2 amide bonds. The topological polar surface area (TPSA) is 35.6 Å². The summed E-state index contributed by atoms with van der Waals surface area (Å²) in [7, 11) is 1.95. The van der Waals surface area contributed by atoms with Gasteiger partial charge in [-0.2, -0.15) is 0 Å². The molecule has 4 nitrogen and oxygen atoms in total. The average molecular weight is 253 g/mol. The van der Waals surface area contributed by atoms with Crippen molar-refractivity contribution in [1.29, 1.82) is 0 Å². The maximum Gasteiger partial charge on any atom is 0.317 e. The third-order valence-electron chi connectivity index (χ3n) is 4.56. The van der Waals surface area contributed by atoms with Crippen LogP contribution in [0.5, 0.6) is 0 Å². The molecule has 0 aromatic rings. The quantitative estimate of drug-likeness (QED) is 0.835. The molecule has 4 heteroatoms. The van der Waals surface area contributed by atoms with E-state index in [0.717, 1.165) is 45.3 Å². The Balaban J connectivity index is 1.76. The fourth-order valence-corrected chi connectivity index (χ4v) is 3.14. The van der Waals surface area contributed by atoms with Gasteiger partial charge in [0.25, 0.3) is 0 Å². The van der Waals surface area contributed by atoms with E-state index >= 15 is 0 Å². The number of carbonyl (C=O) groups excluding carboxylic acids is 1. The zero-order chi connectivity index (χ0) is 13.0. The van der Waals surface area contributed by atoms with E-state index in [0.29, 0.717) is 12.1 Å². The molecule has 2 fully saturated rings. The monoisotopic (exact) mass is 253 g/mol. The molecule has 0 aromatic heterocycles. The first-order valence-electron chi connectivity index (χ1n) is 7.46. The predicted molar refractivity (Wildman–Crippen MR) is 73.7 cm³/mol. The zero-order valence-electron chi connectivity index (χ0n) is 11.8. The molecule has 0 atom stereocenters. The van der Waals surface area contributed by atoms with E-state index in [9.17, 15) is 4.79 Å². The molecular weight excluding hydrogens is 226 g/mol. The van der Waals surface area contributed by atoms with Crippen LogP contribution in [0.3, 0.4) is 0 Å². The number of hydrogen-bond donors (Lipinski definition) is 1. The average Bonchev–Trinajstić information content (AvgIpc) is 2.91. The van der Waals surface area contributed by atoms with Crippen molar-refractivity contribution in [3.8, 4) is 0 Å². The third kappa shape index (κ3) is 3.37. The van der Waals surface area contributed by atoms with Gasteiger partial charge in [0, 0.05) is 32.2 Å². The first kappa shape index (κ1) is 13.7. The highest BCUT2D eigenvalue weighted by molar-refractivity contribution is 5.74. The van der Waals surface area contributed by atoms with E-state index in [1.165, 1.54) is 12.8 Å². The number of nitrogens with one attached hydrogen (secondary N) is 1. The molecule has 2 rings (SSSR count). The minimum absolute atomic E-state index is 0.136. The maximum absolute atomic E-state index is 12.2. The van der Waals surface area contributed by atoms with Gasteiger partial charge in [0.15, 0.2) is 0 Å². The molecule has 1 N–H and O–H groups in total. The summed E-state index contributed by atoms with van der Waals surface area (Å²) in [6.07, 6.45) is 7.08. The summed E-state index contributed by atoms with van der Waals surface area (Å²) < 4.78 is 0. The number of nitrogens with zero attached hydrogens (tertiary/aromatic N) is 2. The molecular formula is C14H27N3O. The van der Waals surface area contributed by atoms with Crippen molar-refractivity contribution in [2.75, 3.05) is 26.7 Å². The number of piperidine rings is 1. The number of amides is 2. The van der Waals surface area contributed by atoms with Gasteiger partial charge >= 0.3 is 6.03 Å². The van der Waals surface area contributed by atoms with Crippen LogP contribution in [0.4, 0.5) is 4.79 Å². The Morgan fingerprint density at radius 3 is 2.39 bits per heavy atom. The van der Waals surface area contributed by atoms with E-state index in [1.54, 1.807) is 0 Å². The van der Waals surface area contributed by atoms with Crippen LogP contribution >= 0.6 is 0 Å². The lowest BCUT2D eigenvalue weighted by Crippen LogP contribution is -2.50. The lowest BCUT2D eigenvalue weighted by molar-refractivity contribution is 0.136. The van der Waals surface area contributed by atoms with Crippen LogP contribution in [0.2, 0.25) is 0 Å². The molecule has 18 heavy (non-hydrogen) atoms. The summed E-state index contributed by atoms with van der Waals surface area (Å²) in [5.41, 5.74) is 0. The van der Waals surface area contributed by atoms with Crippen LogP contribution in [-0.4, -0.2) is 54.6 Å². The highest BCUT2D eigenvalue weighted by atomic mass is 16.2. The number of rotatable bonds is 3. The summed E-state index contributed by atoms with van der Waals surface area (Å²) in [6.45, 7) is 5.59. The SMILES string of the molecule is CCN1CCC(N(C)C(=O)NC2CCCC2)CC1. The van der Waals surface area contributed by atoms with E-state index in [2.05, 4.69) is 17.1 Å². The van der Waals surface area contributed by atoms with Gasteiger partial charge in [0.2, 0.25) is 0 Å².